The van der Waals surface area contributed by atoms with Crippen molar-refractivity contribution in [1.29, 1.82) is 0 Å². The highest BCUT2D eigenvalue weighted by Crippen LogP contribution is 2.23. The van der Waals surface area contributed by atoms with Gasteiger partial charge in [-0.3, -0.25) is 9.59 Å². The number of carbonyl (C=O) groups excluding carboxylic acids is 1. The molecule has 5 heteroatoms. The van der Waals surface area contributed by atoms with Gasteiger partial charge in [-0.05, 0) is 30.2 Å². The van der Waals surface area contributed by atoms with Gasteiger partial charge in [-0.15, -0.1) is 0 Å². The summed E-state index contributed by atoms with van der Waals surface area (Å²) in [6.07, 6.45) is 2.41. The number of nitrogens with one attached hydrogen (secondary N) is 1. The molecule has 1 N–H and O–H groups in total. The van der Waals surface area contributed by atoms with Gasteiger partial charge < -0.3 is 14.6 Å². The van der Waals surface area contributed by atoms with E-state index in [1.807, 2.05) is 24.3 Å². The summed E-state index contributed by atoms with van der Waals surface area (Å²) < 4.78 is 5.94. The number of aromatic amines is 1. The molecule has 1 aromatic carbocycles. The Balaban J connectivity index is 1.62. The van der Waals surface area contributed by atoms with Crippen LogP contribution in [0.15, 0.2) is 47.4 Å². The number of aromatic nitrogens is 1. The van der Waals surface area contributed by atoms with Crippen LogP contribution < -0.4 is 10.3 Å². The third kappa shape index (κ3) is 2.74. The molecule has 1 fully saturated rings. The summed E-state index contributed by atoms with van der Waals surface area (Å²) in [7, 11) is 0. The molecular formula is C17H18N2O3. The summed E-state index contributed by atoms with van der Waals surface area (Å²) in [5.74, 6) is 0.630. The van der Waals surface area contributed by atoms with Crippen LogP contribution in [-0.4, -0.2) is 35.0 Å². The van der Waals surface area contributed by atoms with Gasteiger partial charge in [0.1, 0.15) is 17.4 Å². The highest BCUT2D eigenvalue weighted by Gasteiger charge is 2.33. The Bertz CT molecular complexity index is 732. The van der Waals surface area contributed by atoms with E-state index in [2.05, 4.69) is 11.9 Å². The number of aryl methyl sites for hydroxylation is 1. The zero-order valence-electron chi connectivity index (χ0n) is 12.4. The van der Waals surface area contributed by atoms with E-state index in [0.29, 0.717) is 13.1 Å². The second-order valence-corrected chi connectivity index (χ2v) is 5.32. The summed E-state index contributed by atoms with van der Waals surface area (Å²) in [6.45, 7) is 3.09. The smallest absolute Gasteiger partial charge is 0.260 e. The number of H-pyrrole nitrogens is 1. The van der Waals surface area contributed by atoms with Crippen LogP contribution >= 0.6 is 0 Å². The molecule has 0 atom stereocenters. The third-order valence-electron chi connectivity index (χ3n) is 3.83. The summed E-state index contributed by atoms with van der Waals surface area (Å²) in [5, 5.41) is 0. The number of hydrogen-bond donors (Lipinski definition) is 1. The van der Waals surface area contributed by atoms with E-state index >= 15 is 0 Å². The van der Waals surface area contributed by atoms with Gasteiger partial charge in [0.15, 0.2) is 0 Å². The van der Waals surface area contributed by atoms with Crippen molar-refractivity contribution < 1.29 is 9.53 Å². The summed E-state index contributed by atoms with van der Waals surface area (Å²) in [4.78, 5) is 28.0. The number of hydrogen-bond acceptors (Lipinski definition) is 3. The van der Waals surface area contributed by atoms with Crippen LogP contribution in [0.3, 0.4) is 0 Å². The number of ether oxygens (including phenoxy) is 1. The molecular weight excluding hydrogens is 280 g/mol. The predicted octanol–water partition coefficient (Wildman–Crippen LogP) is 1.84. The maximum Gasteiger partial charge on any atom is 0.260 e. The van der Waals surface area contributed by atoms with Gasteiger partial charge in [0.05, 0.1) is 13.1 Å². The van der Waals surface area contributed by atoms with Gasteiger partial charge in [0, 0.05) is 6.20 Å². The second kappa shape index (κ2) is 6.05. The first-order valence-corrected chi connectivity index (χ1v) is 7.40. The van der Waals surface area contributed by atoms with Gasteiger partial charge in [-0.1, -0.05) is 25.1 Å². The van der Waals surface area contributed by atoms with Gasteiger partial charge >= 0.3 is 0 Å². The summed E-state index contributed by atoms with van der Waals surface area (Å²) >= 11 is 0. The number of nitrogens with zero attached hydrogens (tertiary/aromatic N) is 1. The minimum Gasteiger partial charge on any atom is -0.486 e. The standard InChI is InChI=1S/C17H18N2O3/c1-2-12-6-3-4-8-15(12)22-13-10-19(11-13)17(21)14-7-5-9-18-16(14)20/h3-9,13H,2,10-11H2,1H3,(H,18,20). The quantitative estimate of drug-likeness (QED) is 0.937. The molecule has 1 saturated heterocycles. The minimum atomic E-state index is -0.354. The first-order valence-electron chi connectivity index (χ1n) is 7.40. The van der Waals surface area contributed by atoms with Gasteiger partial charge in [-0.2, -0.15) is 0 Å². The predicted molar refractivity (Wildman–Crippen MR) is 83.2 cm³/mol. The number of amides is 1. The van der Waals surface area contributed by atoms with Crippen LogP contribution in [0.25, 0.3) is 0 Å². The van der Waals surface area contributed by atoms with Crippen LogP contribution in [0.1, 0.15) is 22.8 Å². The molecule has 114 valence electrons. The largest absolute Gasteiger partial charge is 0.486 e. The van der Waals surface area contributed by atoms with E-state index < -0.39 is 0 Å². The highest BCUT2D eigenvalue weighted by molar-refractivity contribution is 5.94. The van der Waals surface area contributed by atoms with Crippen molar-refractivity contribution in [3.63, 3.8) is 0 Å². The maximum atomic E-state index is 12.2. The number of para-hydroxylation sites is 1. The molecule has 2 heterocycles. The molecule has 1 aromatic heterocycles. The fourth-order valence-corrected chi connectivity index (χ4v) is 2.53. The molecule has 22 heavy (non-hydrogen) atoms. The van der Waals surface area contributed by atoms with Crippen molar-refractivity contribution in [1.82, 2.24) is 9.88 Å². The Labute approximate surface area is 128 Å². The maximum absolute atomic E-state index is 12.2. The van der Waals surface area contributed by atoms with Crippen molar-refractivity contribution >= 4 is 5.91 Å². The number of likely N-dealkylation sites (tertiary alicyclic amines) is 1. The molecule has 0 spiro atoms. The van der Waals surface area contributed by atoms with Crippen LogP contribution in [0, 0.1) is 0 Å². The number of pyridine rings is 1. The molecule has 1 aliphatic heterocycles. The molecule has 0 radical (unpaired) electrons. The Morgan fingerprint density at radius 2 is 2.05 bits per heavy atom. The second-order valence-electron chi connectivity index (χ2n) is 5.32. The fraction of sp³-hybridized carbons (Fsp3) is 0.294. The monoisotopic (exact) mass is 298 g/mol. The normalized spacial score (nSPS) is 14.5. The molecule has 0 bridgehead atoms. The number of rotatable bonds is 4. The number of benzene rings is 1. The zero-order valence-corrected chi connectivity index (χ0v) is 12.4. The van der Waals surface area contributed by atoms with Crippen molar-refractivity contribution in [2.45, 2.75) is 19.4 Å². The Morgan fingerprint density at radius 1 is 1.27 bits per heavy atom. The first kappa shape index (κ1) is 14.4. The van der Waals surface area contributed by atoms with E-state index in [1.54, 1.807) is 17.0 Å². The van der Waals surface area contributed by atoms with E-state index in [9.17, 15) is 9.59 Å². The Kier molecular flexibility index (Phi) is 3.96. The SMILES string of the molecule is CCc1ccccc1OC1CN(C(=O)c2ccc[nH]c2=O)C1. The van der Waals surface area contributed by atoms with Crippen LogP contribution in [0.4, 0.5) is 0 Å². The molecule has 0 aliphatic carbocycles. The van der Waals surface area contributed by atoms with Crippen LogP contribution in [0.5, 0.6) is 5.75 Å². The van der Waals surface area contributed by atoms with Crippen molar-refractivity contribution in [2.75, 3.05) is 13.1 Å². The topological polar surface area (TPSA) is 62.4 Å². The molecule has 5 nitrogen and oxygen atoms in total. The van der Waals surface area contributed by atoms with Gasteiger partial charge in [0.2, 0.25) is 0 Å². The van der Waals surface area contributed by atoms with Crippen molar-refractivity contribution in [2.24, 2.45) is 0 Å². The fourth-order valence-electron chi connectivity index (χ4n) is 2.53. The lowest BCUT2D eigenvalue weighted by Gasteiger charge is -2.39. The molecule has 0 saturated carbocycles. The molecule has 2 aromatic rings. The average molecular weight is 298 g/mol. The number of carbonyl (C=O) groups is 1. The van der Waals surface area contributed by atoms with Crippen LogP contribution in [0.2, 0.25) is 0 Å². The molecule has 3 rings (SSSR count). The van der Waals surface area contributed by atoms with Crippen molar-refractivity contribution in [3.05, 3.63) is 64.1 Å². The van der Waals surface area contributed by atoms with Gasteiger partial charge in [0.25, 0.3) is 11.5 Å². The lowest BCUT2D eigenvalue weighted by atomic mass is 10.1. The first-order chi connectivity index (χ1) is 10.7. The van der Waals surface area contributed by atoms with Crippen LogP contribution in [-0.2, 0) is 6.42 Å². The lowest BCUT2D eigenvalue weighted by Crippen LogP contribution is -2.56. The Morgan fingerprint density at radius 3 is 2.77 bits per heavy atom. The Hall–Kier alpha value is -2.56. The summed E-state index contributed by atoms with van der Waals surface area (Å²) in [5.41, 5.74) is 0.981. The van der Waals surface area contributed by atoms with E-state index in [0.717, 1.165) is 17.7 Å². The van der Waals surface area contributed by atoms with E-state index in [1.165, 1.54) is 6.20 Å². The molecule has 0 unspecified atom stereocenters. The van der Waals surface area contributed by atoms with Crippen molar-refractivity contribution in [3.8, 4) is 5.75 Å². The molecule has 1 aliphatic rings. The third-order valence-corrected chi connectivity index (χ3v) is 3.83. The average Bonchev–Trinajstić information content (AvgIpc) is 2.50. The van der Waals surface area contributed by atoms with Gasteiger partial charge in [-0.25, -0.2) is 0 Å². The zero-order chi connectivity index (χ0) is 15.5. The molecule has 1 amide bonds. The minimum absolute atomic E-state index is 0.0144. The highest BCUT2D eigenvalue weighted by atomic mass is 16.5. The summed E-state index contributed by atoms with van der Waals surface area (Å²) in [6, 6.07) is 11.1. The van der Waals surface area contributed by atoms with E-state index in [-0.39, 0.29) is 23.1 Å². The van der Waals surface area contributed by atoms with E-state index in [4.69, 9.17) is 4.74 Å². The lowest BCUT2D eigenvalue weighted by molar-refractivity contribution is 0.0173.